The number of hydrogen-bond donors (Lipinski definition) is 1. The standard InChI is InChI=1S/C15H20Cl2N2/c1-15(11-6-7-11)10-19(9-3-8-18-15)14-12(16)4-2-5-13(14)17/h2,4-5,11,18H,3,6-10H2,1H3. The molecular formula is C15H20Cl2N2. The number of nitrogens with zero attached hydrogens (tertiary/aromatic N) is 1. The molecule has 1 N–H and O–H groups in total. The highest BCUT2D eigenvalue weighted by Gasteiger charge is 2.43. The first-order valence-electron chi connectivity index (χ1n) is 7.04. The first-order valence-corrected chi connectivity index (χ1v) is 7.80. The Morgan fingerprint density at radius 2 is 1.95 bits per heavy atom. The van der Waals surface area contributed by atoms with Crippen LogP contribution < -0.4 is 10.2 Å². The highest BCUT2D eigenvalue weighted by Crippen LogP contribution is 2.42. The van der Waals surface area contributed by atoms with Gasteiger partial charge in [-0.2, -0.15) is 0 Å². The fourth-order valence-corrected chi connectivity index (χ4v) is 3.79. The van der Waals surface area contributed by atoms with Crippen LogP contribution in [0.15, 0.2) is 18.2 Å². The number of para-hydroxylation sites is 1. The van der Waals surface area contributed by atoms with Gasteiger partial charge in [-0.15, -0.1) is 0 Å². The molecule has 2 aliphatic rings. The van der Waals surface area contributed by atoms with E-state index in [1.54, 1.807) is 0 Å². The molecule has 1 aromatic carbocycles. The molecule has 1 aliphatic heterocycles. The first kappa shape index (κ1) is 13.5. The van der Waals surface area contributed by atoms with E-state index in [0.29, 0.717) is 0 Å². The molecule has 1 heterocycles. The number of anilines is 1. The van der Waals surface area contributed by atoms with Crippen LogP contribution in [0.3, 0.4) is 0 Å². The minimum atomic E-state index is 0.193. The van der Waals surface area contributed by atoms with Crippen molar-refractivity contribution in [3.63, 3.8) is 0 Å². The third kappa shape index (κ3) is 2.72. The maximum absolute atomic E-state index is 6.36. The molecule has 104 valence electrons. The molecule has 1 saturated carbocycles. The quantitative estimate of drug-likeness (QED) is 0.889. The van der Waals surface area contributed by atoms with Gasteiger partial charge in [-0.1, -0.05) is 29.3 Å². The Labute approximate surface area is 125 Å². The molecule has 0 amide bonds. The summed E-state index contributed by atoms with van der Waals surface area (Å²) in [5, 5.41) is 5.24. The van der Waals surface area contributed by atoms with Gasteiger partial charge in [0.05, 0.1) is 15.7 Å². The normalized spacial score (nSPS) is 28.3. The molecule has 2 fully saturated rings. The third-order valence-electron chi connectivity index (χ3n) is 4.39. The number of hydrogen-bond acceptors (Lipinski definition) is 2. The van der Waals surface area contributed by atoms with Gasteiger partial charge in [0, 0.05) is 18.6 Å². The topological polar surface area (TPSA) is 15.3 Å². The van der Waals surface area contributed by atoms with Gasteiger partial charge in [0.1, 0.15) is 0 Å². The predicted octanol–water partition coefficient (Wildman–Crippen LogP) is 3.96. The summed E-state index contributed by atoms with van der Waals surface area (Å²) >= 11 is 12.7. The van der Waals surface area contributed by atoms with Gasteiger partial charge >= 0.3 is 0 Å². The maximum atomic E-state index is 6.36. The number of halogens is 2. The summed E-state index contributed by atoms with van der Waals surface area (Å²) in [4.78, 5) is 2.36. The molecule has 0 radical (unpaired) electrons. The van der Waals surface area contributed by atoms with E-state index in [9.17, 15) is 0 Å². The fourth-order valence-electron chi connectivity index (χ4n) is 3.15. The summed E-state index contributed by atoms with van der Waals surface area (Å²) in [7, 11) is 0. The summed E-state index contributed by atoms with van der Waals surface area (Å²) in [5.74, 6) is 0.800. The van der Waals surface area contributed by atoms with E-state index in [4.69, 9.17) is 23.2 Å². The van der Waals surface area contributed by atoms with Crippen LogP contribution in [0.1, 0.15) is 26.2 Å². The average Bonchev–Trinajstić information content (AvgIpc) is 3.16. The van der Waals surface area contributed by atoms with Crippen LogP contribution in [0.25, 0.3) is 0 Å². The molecule has 4 heteroatoms. The van der Waals surface area contributed by atoms with E-state index in [-0.39, 0.29) is 5.54 Å². The van der Waals surface area contributed by atoms with E-state index in [1.807, 2.05) is 18.2 Å². The molecule has 1 aromatic rings. The molecule has 2 nitrogen and oxygen atoms in total. The number of rotatable bonds is 2. The van der Waals surface area contributed by atoms with Gasteiger partial charge in [-0.25, -0.2) is 0 Å². The zero-order valence-corrected chi connectivity index (χ0v) is 12.8. The lowest BCUT2D eigenvalue weighted by atomic mass is 9.95. The van der Waals surface area contributed by atoms with Gasteiger partial charge in [-0.05, 0) is 50.8 Å². The van der Waals surface area contributed by atoms with Gasteiger partial charge in [0.2, 0.25) is 0 Å². The van der Waals surface area contributed by atoms with E-state index in [0.717, 1.165) is 47.7 Å². The Hall–Kier alpha value is -0.440. The largest absolute Gasteiger partial charge is 0.367 e. The van der Waals surface area contributed by atoms with Crippen molar-refractivity contribution < 1.29 is 0 Å². The first-order chi connectivity index (χ1) is 9.10. The van der Waals surface area contributed by atoms with E-state index in [1.165, 1.54) is 12.8 Å². The maximum Gasteiger partial charge on any atom is 0.0745 e. The molecule has 1 saturated heterocycles. The Kier molecular flexibility index (Phi) is 3.67. The van der Waals surface area contributed by atoms with Crippen molar-refractivity contribution in [2.45, 2.75) is 31.7 Å². The molecule has 1 aliphatic carbocycles. The molecule has 1 unspecified atom stereocenters. The molecule has 0 spiro atoms. The summed E-state index contributed by atoms with van der Waals surface area (Å²) < 4.78 is 0. The number of nitrogens with one attached hydrogen (secondary N) is 1. The second-order valence-corrected chi connectivity index (χ2v) is 6.78. The zero-order chi connectivity index (χ0) is 13.5. The SMILES string of the molecule is CC1(C2CC2)CN(c2c(Cl)cccc2Cl)CCCN1. The second kappa shape index (κ2) is 5.16. The van der Waals surface area contributed by atoms with E-state index in [2.05, 4.69) is 17.1 Å². The molecule has 19 heavy (non-hydrogen) atoms. The molecule has 0 bridgehead atoms. The summed E-state index contributed by atoms with van der Waals surface area (Å²) in [6, 6.07) is 5.76. The second-order valence-electron chi connectivity index (χ2n) is 5.96. The van der Waals surface area contributed by atoms with E-state index < -0.39 is 0 Å². The fraction of sp³-hybridized carbons (Fsp3) is 0.600. The minimum absolute atomic E-state index is 0.193. The smallest absolute Gasteiger partial charge is 0.0745 e. The van der Waals surface area contributed by atoms with Crippen molar-refractivity contribution in [3.8, 4) is 0 Å². The Balaban J connectivity index is 1.90. The van der Waals surface area contributed by atoms with Gasteiger partial charge in [0.15, 0.2) is 0 Å². The van der Waals surface area contributed by atoms with Crippen LogP contribution in [0.2, 0.25) is 10.0 Å². The van der Waals surface area contributed by atoms with Crippen molar-refractivity contribution in [3.05, 3.63) is 28.2 Å². The van der Waals surface area contributed by atoms with Crippen LogP contribution in [-0.4, -0.2) is 25.2 Å². The van der Waals surface area contributed by atoms with Crippen molar-refractivity contribution in [1.82, 2.24) is 5.32 Å². The van der Waals surface area contributed by atoms with Gasteiger partial charge in [-0.3, -0.25) is 0 Å². The van der Waals surface area contributed by atoms with Gasteiger partial charge in [0.25, 0.3) is 0 Å². The Morgan fingerprint density at radius 1 is 1.26 bits per heavy atom. The average molecular weight is 299 g/mol. The third-order valence-corrected chi connectivity index (χ3v) is 5.00. The Bertz CT molecular complexity index is 453. The molecule has 3 rings (SSSR count). The van der Waals surface area contributed by atoms with Crippen molar-refractivity contribution in [1.29, 1.82) is 0 Å². The van der Waals surface area contributed by atoms with Crippen LogP contribution >= 0.6 is 23.2 Å². The van der Waals surface area contributed by atoms with Crippen molar-refractivity contribution >= 4 is 28.9 Å². The highest BCUT2D eigenvalue weighted by atomic mass is 35.5. The molecular weight excluding hydrogens is 279 g/mol. The van der Waals surface area contributed by atoms with Gasteiger partial charge < -0.3 is 10.2 Å². The Morgan fingerprint density at radius 3 is 2.58 bits per heavy atom. The summed E-state index contributed by atoms with van der Waals surface area (Å²) in [5.41, 5.74) is 1.19. The highest BCUT2D eigenvalue weighted by molar-refractivity contribution is 6.39. The number of benzene rings is 1. The summed E-state index contributed by atoms with van der Waals surface area (Å²) in [6.07, 6.45) is 3.81. The lowest BCUT2D eigenvalue weighted by Gasteiger charge is -2.35. The van der Waals surface area contributed by atoms with Crippen LogP contribution in [0, 0.1) is 5.92 Å². The summed E-state index contributed by atoms with van der Waals surface area (Å²) in [6.45, 7) is 5.42. The molecule has 0 aromatic heterocycles. The van der Waals surface area contributed by atoms with Crippen molar-refractivity contribution in [2.24, 2.45) is 5.92 Å². The molecule has 1 atom stereocenters. The lowest BCUT2D eigenvalue weighted by Crippen LogP contribution is -2.51. The van der Waals surface area contributed by atoms with E-state index >= 15 is 0 Å². The predicted molar refractivity (Wildman–Crippen MR) is 82.4 cm³/mol. The zero-order valence-electron chi connectivity index (χ0n) is 11.3. The van der Waals surface area contributed by atoms with Crippen LogP contribution in [0.4, 0.5) is 5.69 Å². The monoisotopic (exact) mass is 298 g/mol. The van der Waals surface area contributed by atoms with Crippen molar-refractivity contribution in [2.75, 3.05) is 24.5 Å². The van der Waals surface area contributed by atoms with Crippen LogP contribution in [0.5, 0.6) is 0 Å². The lowest BCUT2D eigenvalue weighted by molar-refractivity contribution is 0.331. The van der Waals surface area contributed by atoms with Crippen LogP contribution in [-0.2, 0) is 0 Å². The minimum Gasteiger partial charge on any atom is -0.367 e.